The zero-order valence-electron chi connectivity index (χ0n) is 2.15. The second kappa shape index (κ2) is 142. The summed E-state index contributed by atoms with van der Waals surface area (Å²) in [6.45, 7) is 0. The van der Waals surface area contributed by atoms with Crippen LogP contribution in [0.1, 0.15) is 0 Å². The van der Waals surface area contributed by atoms with Gasteiger partial charge in [0.05, 0.1) is 0 Å². The Labute approximate surface area is 47.0 Å². The average Bonchev–Trinajstić information content (AvgIpc) is 0. The van der Waals surface area contributed by atoms with E-state index in [2.05, 4.69) is 0 Å². The second-order valence-corrected chi connectivity index (χ2v) is 0. The first-order valence-corrected chi connectivity index (χ1v) is 0. The van der Waals surface area contributed by atoms with Gasteiger partial charge in [0.1, 0.15) is 0 Å². The van der Waals surface area contributed by atoms with Crippen molar-refractivity contribution in [2.45, 2.75) is 0 Å². The van der Waals surface area contributed by atoms with Crippen molar-refractivity contribution in [2.75, 3.05) is 0 Å². The van der Waals surface area contributed by atoms with Gasteiger partial charge in [0.2, 0.25) is 0 Å². The van der Waals surface area contributed by atoms with Crippen LogP contribution in [-0.2, 0) is 26.2 Å². The molecule has 0 aromatic heterocycles. The Morgan fingerprint density at radius 2 is 0.600 bits per heavy atom. The molecule has 2 nitrogen and oxygen atoms in total. The summed E-state index contributed by atoms with van der Waals surface area (Å²) in [4.78, 5) is 0. The molecule has 0 aromatic carbocycles. The van der Waals surface area contributed by atoms with Crippen LogP contribution in [0, 0.1) is 0 Å². The van der Waals surface area contributed by atoms with Gasteiger partial charge in [0.15, 0.2) is 0 Å². The van der Waals surface area contributed by atoms with Gasteiger partial charge in [-0.05, 0) is 0 Å². The van der Waals surface area contributed by atoms with E-state index in [0.29, 0.717) is 0 Å². The molecular formula is H2F2O2Zr. The Balaban J connectivity index is 0. The minimum atomic E-state index is 0. The smallest absolute Gasteiger partial charge is 1.00 e. The second-order valence-electron chi connectivity index (χ2n) is 0. The Hall–Kier alpha value is 0.663. The van der Waals surface area contributed by atoms with Crippen LogP contribution < -0.4 is 9.41 Å². The van der Waals surface area contributed by atoms with Gasteiger partial charge in [0.25, 0.3) is 0 Å². The molecule has 2 N–H and O–H groups in total. The minimum Gasteiger partial charge on any atom is -1.00 e. The number of hydrogen-bond acceptors (Lipinski definition) is 2. The largest absolute Gasteiger partial charge is 4.00 e. The molecule has 32 valence electrons. The van der Waals surface area contributed by atoms with Crippen LogP contribution in [0.15, 0.2) is 0 Å². The molecular weight excluding hydrogens is 161 g/mol. The summed E-state index contributed by atoms with van der Waals surface area (Å²) in [6, 6.07) is 0. The van der Waals surface area contributed by atoms with E-state index in [1.54, 1.807) is 0 Å². The molecule has 0 aliphatic rings. The van der Waals surface area contributed by atoms with Crippen molar-refractivity contribution in [1.82, 2.24) is 0 Å². The molecule has 0 saturated carbocycles. The molecule has 5 heavy (non-hydrogen) atoms. The van der Waals surface area contributed by atoms with Crippen LogP contribution in [0.4, 0.5) is 0 Å². The summed E-state index contributed by atoms with van der Waals surface area (Å²) in [6.07, 6.45) is 0. The van der Waals surface area contributed by atoms with Crippen molar-refractivity contribution in [3.8, 4) is 0 Å². The van der Waals surface area contributed by atoms with E-state index < -0.39 is 0 Å². The number of halogens is 2. The van der Waals surface area contributed by atoms with Crippen molar-refractivity contribution in [3.05, 3.63) is 0 Å². The van der Waals surface area contributed by atoms with Crippen LogP contribution in [0.25, 0.3) is 0 Å². The zero-order valence-corrected chi connectivity index (χ0v) is 4.61. The zero-order chi connectivity index (χ0) is 0. The fourth-order valence-electron chi connectivity index (χ4n) is 0. The molecule has 0 spiro atoms. The van der Waals surface area contributed by atoms with Gasteiger partial charge < -0.3 is 20.4 Å². The van der Waals surface area contributed by atoms with Gasteiger partial charge in [-0.2, -0.15) is 0 Å². The summed E-state index contributed by atoms with van der Waals surface area (Å²) < 4.78 is 0. The van der Waals surface area contributed by atoms with E-state index in [1.165, 1.54) is 0 Å². The number of hydrogen-bond donors (Lipinski definition) is 0. The maximum absolute atomic E-state index is 0. The van der Waals surface area contributed by atoms with Crippen molar-refractivity contribution in [3.63, 3.8) is 0 Å². The molecule has 0 fully saturated rings. The van der Waals surface area contributed by atoms with E-state index in [0.717, 1.165) is 0 Å². The molecule has 0 rings (SSSR count). The Kier molecular flexibility index (Phi) is 7970. The maximum atomic E-state index is 0. The quantitative estimate of drug-likeness (QED) is 0.356. The fraction of sp³-hybridized carbons (Fsp3) is 0. The normalized spacial score (nSPS) is 0. The number of rotatable bonds is 0. The van der Waals surface area contributed by atoms with Gasteiger partial charge in [0, 0.05) is 0 Å². The molecule has 0 aliphatic carbocycles. The standard InChI is InChI=1S/2FH.2H2O.Zr/h2*1H;2*1H2;/q;;;;+4/p-4. The molecule has 0 saturated heterocycles. The van der Waals surface area contributed by atoms with Gasteiger partial charge >= 0.3 is 26.2 Å². The van der Waals surface area contributed by atoms with E-state index in [1.807, 2.05) is 0 Å². The molecule has 0 amide bonds. The Morgan fingerprint density at radius 3 is 0.600 bits per heavy atom. The third-order valence-corrected chi connectivity index (χ3v) is 0. The van der Waals surface area contributed by atoms with Gasteiger partial charge in [-0.3, -0.25) is 0 Å². The van der Waals surface area contributed by atoms with Crippen molar-refractivity contribution in [1.29, 1.82) is 0 Å². The van der Waals surface area contributed by atoms with E-state index in [9.17, 15) is 0 Å². The first-order chi connectivity index (χ1) is 0. The van der Waals surface area contributed by atoms with Crippen molar-refractivity contribution >= 4 is 0 Å². The van der Waals surface area contributed by atoms with Crippen LogP contribution in [0.2, 0.25) is 0 Å². The summed E-state index contributed by atoms with van der Waals surface area (Å²) in [5.74, 6) is 0. The Morgan fingerprint density at radius 1 is 0.600 bits per heavy atom. The van der Waals surface area contributed by atoms with Gasteiger partial charge in [-0.15, -0.1) is 0 Å². The Bertz CT molecular complexity index is 7.61. The van der Waals surface area contributed by atoms with Crippen LogP contribution in [0.5, 0.6) is 0 Å². The average molecular weight is 163 g/mol. The third kappa shape index (κ3) is 75.2. The summed E-state index contributed by atoms with van der Waals surface area (Å²) in [5.41, 5.74) is 0. The maximum Gasteiger partial charge on any atom is 4.00 e. The topological polar surface area (TPSA) is 60.0 Å². The van der Waals surface area contributed by atoms with Crippen LogP contribution in [-0.4, -0.2) is 11.0 Å². The molecule has 0 radical (unpaired) electrons. The summed E-state index contributed by atoms with van der Waals surface area (Å²) in [5, 5.41) is 0. The van der Waals surface area contributed by atoms with Gasteiger partial charge in [-0.1, -0.05) is 0 Å². The SMILES string of the molecule is [F-].[F-].[OH-].[OH-].[Zr+4]. The first-order valence-electron chi connectivity index (χ1n) is 0. The molecule has 0 unspecified atom stereocenters. The summed E-state index contributed by atoms with van der Waals surface area (Å²) >= 11 is 0. The summed E-state index contributed by atoms with van der Waals surface area (Å²) in [7, 11) is 0. The van der Waals surface area contributed by atoms with E-state index >= 15 is 0 Å². The fourth-order valence-corrected chi connectivity index (χ4v) is 0. The van der Waals surface area contributed by atoms with Crippen LogP contribution in [0.3, 0.4) is 0 Å². The molecule has 0 atom stereocenters. The molecule has 0 aliphatic heterocycles. The predicted molar refractivity (Wildman–Crippen MR) is 3.87 cm³/mol. The molecule has 5 heteroatoms. The minimum absolute atomic E-state index is 0. The molecule has 0 aromatic rings. The van der Waals surface area contributed by atoms with E-state index in [4.69, 9.17) is 0 Å². The van der Waals surface area contributed by atoms with Crippen molar-refractivity contribution in [2.24, 2.45) is 0 Å². The third-order valence-electron chi connectivity index (χ3n) is 0. The van der Waals surface area contributed by atoms with Gasteiger partial charge in [-0.25, -0.2) is 0 Å². The molecule has 0 bridgehead atoms. The monoisotopic (exact) mass is 162 g/mol. The first kappa shape index (κ1) is 280. The van der Waals surface area contributed by atoms with Crippen LogP contribution >= 0.6 is 0 Å². The van der Waals surface area contributed by atoms with Crippen molar-refractivity contribution < 1.29 is 46.6 Å². The predicted octanol–water partition coefficient (Wildman–Crippen LogP) is -6.35. The molecule has 0 heterocycles. The van der Waals surface area contributed by atoms with E-state index in [-0.39, 0.29) is 46.6 Å².